The molecule has 6 nitrogen and oxygen atoms in total. The van der Waals surface area contributed by atoms with Crippen LogP contribution < -0.4 is 10.6 Å². The number of rotatable bonds is 9. The van der Waals surface area contributed by atoms with Gasteiger partial charge in [-0.1, -0.05) is 31.2 Å². The number of halogens is 1. The lowest BCUT2D eigenvalue weighted by atomic mass is 10.1. The molecule has 7 heteroatoms. The quantitative estimate of drug-likeness (QED) is 0.308. The molecule has 0 amide bonds. The first kappa shape index (κ1) is 23.7. The second-order valence-corrected chi connectivity index (χ2v) is 7.35. The highest BCUT2D eigenvalue weighted by Gasteiger charge is 2.20. The Balaban J connectivity index is 0.00000300. The summed E-state index contributed by atoms with van der Waals surface area (Å²) >= 11 is 0. The number of nitrogens with zero attached hydrogens (tertiary/aromatic N) is 4. The number of benzene rings is 1. The Morgan fingerprint density at radius 2 is 1.86 bits per heavy atom. The fourth-order valence-electron chi connectivity index (χ4n) is 3.79. The summed E-state index contributed by atoms with van der Waals surface area (Å²) in [6.07, 6.45) is 7.64. The van der Waals surface area contributed by atoms with Gasteiger partial charge in [-0.2, -0.15) is 5.10 Å². The molecule has 0 saturated carbocycles. The topological polar surface area (TPSA) is 57.5 Å². The highest BCUT2D eigenvalue weighted by molar-refractivity contribution is 14.0. The van der Waals surface area contributed by atoms with Crippen LogP contribution in [-0.2, 0) is 13.1 Å². The third-order valence-electron chi connectivity index (χ3n) is 5.40. The molecule has 1 aromatic carbocycles. The molecule has 1 unspecified atom stereocenters. The third-order valence-corrected chi connectivity index (χ3v) is 5.40. The van der Waals surface area contributed by atoms with Crippen molar-refractivity contribution in [3.8, 4) is 0 Å². The molecule has 0 aliphatic carbocycles. The largest absolute Gasteiger partial charge is 0.357 e. The van der Waals surface area contributed by atoms with Gasteiger partial charge in [0.1, 0.15) is 0 Å². The van der Waals surface area contributed by atoms with Gasteiger partial charge >= 0.3 is 0 Å². The molecule has 160 valence electrons. The summed E-state index contributed by atoms with van der Waals surface area (Å²) in [4.78, 5) is 7.46. The van der Waals surface area contributed by atoms with Gasteiger partial charge in [-0.15, -0.1) is 24.0 Å². The minimum atomic E-state index is 0. The smallest absolute Gasteiger partial charge is 0.191 e. The van der Waals surface area contributed by atoms with Crippen LogP contribution in [0.4, 0.5) is 0 Å². The van der Waals surface area contributed by atoms with Crippen molar-refractivity contribution < 1.29 is 0 Å². The van der Waals surface area contributed by atoms with Crippen LogP contribution in [-0.4, -0.2) is 52.9 Å². The summed E-state index contributed by atoms with van der Waals surface area (Å²) in [5.41, 5.74) is 2.50. The standard InChI is InChI=1S/C22H34N6.HI/c1-3-21(27-13-7-8-14-27)17-25-22(23-4-2)24-16-19-10-5-6-11-20(19)18-28-15-9-12-26-28;/h5-6,9-12,15,21H,3-4,7-8,13-14,16-18H2,1-2H3,(H2,23,24,25);1H. The van der Waals surface area contributed by atoms with Crippen LogP contribution >= 0.6 is 24.0 Å². The van der Waals surface area contributed by atoms with Crippen LogP contribution in [0.15, 0.2) is 47.7 Å². The molecule has 1 aliphatic rings. The van der Waals surface area contributed by atoms with E-state index < -0.39 is 0 Å². The van der Waals surface area contributed by atoms with E-state index in [4.69, 9.17) is 4.99 Å². The number of guanidine groups is 1. The van der Waals surface area contributed by atoms with Gasteiger partial charge in [-0.25, -0.2) is 4.99 Å². The first-order chi connectivity index (χ1) is 13.8. The first-order valence-electron chi connectivity index (χ1n) is 10.6. The first-order valence-corrected chi connectivity index (χ1v) is 10.6. The molecule has 1 aliphatic heterocycles. The number of likely N-dealkylation sites (tertiary alicyclic amines) is 1. The van der Waals surface area contributed by atoms with Crippen LogP contribution in [0.2, 0.25) is 0 Å². The molecule has 0 radical (unpaired) electrons. The van der Waals surface area contributed by atoms with Crippen LogP contribution in [0.5, 0.6) is 0 Å². The van der Waals surface area contributed by atoms with Gasteiger partial charge in [0.05, 0.1) is 13.1 Å². The Bertz CT molecular complexity index is 725. The Hall–Kier alpha value is -1.61. The van der Waals surface area contributed by atoms with E-state index in [1.54, 1.807) is 0 Å². The molecule has 3 rings (SSSR count). The number of hydrogen-bond acceptors (Lipinski definition) is 3. The zero-order valence-electron chi connectivity index (χ0n) is 17.7. The van der Waals surface area contributed by atoms with Crippen molar-refractivity contribution in [2.75, 3.05) is 26.2 Å². The molecule has 2 heterocycles. The molecule has 1 saturated heterocycles. The SMILES string of the molecule is CCNC(=NCc1ccccc1Cn1cccn1)NCC(CC)N1CCCC1.I. The van der Waals surface area contributed by atoms with E-state index in [1.165, 1.54) is 43.5 Å². The minimum absolute atomic E-state index is 0. The van der Waals surface area contributed by atoms with Crippen LogP contribution in [0.25, 0.3) is 0 Å². The van der Waals surface area contributed by atoms with Crippen molar-refractivity contribution >= 4 is 29.9 Å². The lowest BCUT2D eigenvalue weighted by Crippen LogP contribution is -2.46. The van der Waals surface area contributed by atoms with Crippen molar-refractivity contribution in [2.45, 2.75) is 52.2 Å². The Labute approximate surface area is 192 Å². The molecule has 2 aromatic rings. The Morgan fingerprint density at radius 1 is 1.10 bits per heavy atom. The van der Waals surface area contributed by atoms with E-state index in [0.717, 1.165) is 25.6 Å². The van der Waals surface area contributed by atoms with Gasteiger partial charge in [0.15, 0.2) is 5.96 Å². The van der Waals surface area contributed by atoms with Gasteiger partial charge in [-0.05, 0) is 56.5 Å². The van der Waals surface area contributed by atoms with E-state index in [1.807, 2.05) is 23.1 Å². The molecule has 0 spiro atoms. The van der Waals surface area contributed by atoms with E-state index in [9.17, 15) is 0 Å². The summed E-state index contributed by atoms with van der Waals surface area (Å²) in [5, 5.41) is 11.3. The second kappa shape index (κ2) is 12.8. The second-order valence-electron chi connectivity index (χ2n) is 7.35. The Kier molecular flexibility index (Phi) is 10.5. The lowest BCUT2D eigenvalue weighted by molar-refractivity contribution is 0.236. The fourth-order valence-corrected chi connectivity index (χ4v) is 3.79. The van der Waals surface area contributed by atoms with Crippen molar-refractivity contribution in [1.29, 1.82) is 0 Å². The average molecular weight is 510 g/mol. The monoisotopic (exact) mass is 510 g/mol. The maximum absolute atomic E-state index is 4.85. The van der Waals surface area contributed by atoms with Crippen molar-refractivity contribution in [2.24, 2.45) is 4.99 Å². The van der Waals surface area contributed by atoms with Crippen molar-refractivity contribution in [1.82, 2.24) is 25.3 Å². The third kappa shape index (κ3) is 7.29. The minimum Gasteiger partial charge on any atom is -0.357 e. The summed E-state index contributed by atoms with van der Waals surface area (Å²) in [5.74, 6) is 0.897. The van der Waals surface area contributed by atoms with Crippen LogP contribution in [0, 0.1) is 0 Å². The van der Waals surface area contributed by atoms with E-state index in [-0.39, 0.29) is 24.0 Å². The van der Waals surface area contributed by atoms with E-state index >= 15 is 0 Å². The summed E-state index contributed by atoms with van der Waals surface area (Å²) in [6.45, 7) is 10.1. The molecule has 1 atom stereocenters. The number of hydrogen-bond donors (Lipinski definition) is 2. The predicted molar refractivity (Wildman–Crippen MR) is 131 cm³/mol. The Morgan fingerprint density at radius 3 is 2.52 bits per heavy atom. The predicted octanol–water partition coefficient (Wildman–Crippen LogP) is 3.48. The summed E-state index contributed by atoms with van der Waals surface area (Å²) in [6, 6.07) is 11.0. The highest BCUT2D eigenvalue weighted by atomic mass is 127. The van der Waals surface area contributed by atoms with Gasteiger partial charge < -0.3 is 10.6 Å². The summed E-state index contributed by atoms with van der Waals surface area (Å²) < 4.78 is 1.95. The molecule has 1 fully saturated rings. The fraction of sp³-hybridized carbons (Fsp3) is 0.545. The number of aliphatic imine (C=N–C) groups is 1. The van der Waals surface area contributed by atoms with Crippen molar-refractivity contribution in [3.63, 3.8) is 0 Å². The molecule has 29 heavy (non-hydrogen) atoms. The zero-order valence-corrected chi connectivity index (χ0v) is 20.0. The number of aromatic nitrogens is 2. The normalized spacial score (nSPS) is 15.7. The molecular weight excluding hydrogens is 475 g/mol. The zero-order chi connectivity index (χ0) is 19.6. The maximum Gasteiger partial charge on any atom is 0.191 e. The van der Waals surface area contributed by atoms with Gasteiger partial charge in [0, 0.05) is 31.5 Å². The number of nitrogens with one attached hydrogen (secondary N) is 2. The van der Waals surface area contributed by atoms with Crippen LogP contribution in [0.3, 0.4) is 0 Å². The summed E-state index contributed by atoms with van der Waals surface area (Å²) in [7, 11) is 0. The molecule has 1 aromatic heterocycles. The van der Waals surface area contributed by atoms with Crippen molar-refractivity contribution in [3.05, 3.63) is 53.9 Å². The van der Waals surface area contributed by atoms with Gasteiger partial charge in [-0.3, -0.25) is 9.58 Å². The highest BCUT2D eigenvalue weighted by Crippen LogP contribution is 2.14. The van der Waals surface area contributed by atoms with E-state index in [0.29, 0.717) is 12.6 Å². The molecular formula is C22H35IN6. The van der Waals surface area contributed by atoms with Gasteiger partial charge in [0.25, 0.3) is 0 Å². The molecule has 2 N–H and O–H groups in total. The van der Waals surface area contributed by atoms with Crippen LogP contribution in [0.1, 0.15) is 44.2 Å². The van der Waals surface area contributed by atoms with Gasteiger partial charge in [0.2, 0.25) is 0 Å². The average Bonchev–Trinajstić information content (AvgIpc) is 3.42. The molecule has 0 bridgehead atoms. The maximum atomic E-state index is 4.85. The lowest BCUT2D eigenvalue weighted by Gasteiger charge is -2.27. The van der Waals surface area contributed by atoms with E-state index in [2.05, 4.69) is 58.7 Å².